The third-order valence-electron chi connectivity index (χ3n) is 3.32. The molecule has 1 aromatic carbocycles. The first kappa shape index (κ1) is 14.4. The number of hydrogen-bond donors (Lipinski definition) is 2. The molecule has 1 fully saturated rings. The van der Waals surface area contributed by atoms with Gasteiger partial charge < -0.3 is 15.8 Å². The number of amides is 1. The topological polar surface area (TPSA) is 78.9 Å². The normalized spacial score (nSPS) is 15.4. The first-order valence-corrected chi connectivity index (χ1v) is 6.92. The maximum atomic E-state index is 12.6. The lowest BCUT2D eigenvalue weighted by atomic mass is 10.1. The average molecular weight is 275 g/mol. The van der Waals surface area contributed by atoms with Gasteiger partial charge in [-0.3, -0.25) is 4.79 Å². The molecule has 0 radical (unpaired) electrons. The fraction of sp³-hybridized carbons (Fsp3) is 0.467. The van der Waals surface area contributed by atoms with Crippen molar-refractivity contribution in [3.63, 3.8) is 0 Å². The van der Waals surface area contributed by atoms with Crippen molar-refractivity contribution in [2.24, 2.45) is 16.8 Å². The van der Waals surface area contributed by atoms with Gasteiger partial charge in [-0.15, -0.1) is 0 Å². The van der Waals surface area contributed by atoms with Crippen LogP contribution in [0.25, 0.3) is 0 Å². The smallest absolute Gasteiger partial charge is 0.254 e. The number of hydrogen-bond acceptors (Lipinski definition) is 3. The van der Waals surface area contributed by atoms with E-state index in [2.05, 4.69) is 19.0 Å². The van der Waals surface area contributed by atoms with Crippen molar-refractivity contribution in [1.82, 2.24) is 4.90 Å². The Hall–Kier alpha value is -2.04. The summed E-state index contributed by atoms with van der Waals surface area (Å²) in [6.45, 7) is 4.97. The van der Waals surface area contributed by atoms with Crippen LogP contribution in [0.1, 0.15) is 42.6 Å². The van der Waals surface area contributed by atoms with E-state index in [-0.39, 0.29) is 11.7 Å². The molecule has 5 heteroatoms. The van der Waals surface area contributed by atoms with Gasteiger partial charge in [-0.25, -0.2) is 0 Å². The monoisotopic (exact) mass is 275 g/mol. The van der Waals surface area contributed by atoms with Gasteiger partial charge in [0.25, 0.3) is 5.91 Å². The number of nitrogens with two attached hydrogens (primary N) is 1. The molecule has 1 saturated carbocycles. The Morgan fingerprint density at radius 2 is 2.10 bits per heavy atom. The molecule has 0 aromatic heterocycles. The quantitative estimate of drug-likeness (QED) is 0.373. The average Bonchev–Trinajstić information content (AvgIpc) is 3.27. The van der Waals surface area contributed by atoms with E-state index < -0.39 is 0 Å². The number of amidine groups is 1. The van der Waals surface area contributed by atoms with Crippen LogP contribution in [-0.2, 0) is 0 Å². The van der Waals surface area contributed by atoms with Crippen molar-refractivity contribution in [3.05, 3.63) is 35.4 Å². The Bertz CT molecular complexity index is 522. The fourth-order valence-corrected chi connectivity index (χ4v) is 2.21. The van der Waals surface area contributed by atoms with Crippen molar-refractivity contribution in [3.8, 4) is 0 Å². The zero-order valence-electron chi connectivity index (χ0n) is 11.9. The molecule has 0 atom stereocenters. The second-order valence-corrected chi connectivity index (χ2v) is 5.65. The van der Waals surface area contributed by atoms with Gasteiger partial charge in [-0.1, -0.05) is 31.1 Å². The van der Waals surface area contributed by atoms with Crippen LogP contribution in [0.2, 0.25) is 0 Å². The molecule has 20 heavy (non-hydrogen) atoms. The second kappa shape index (κ2) is 5.94. The first-order valence-electron chi connectivity index (χ1n) is 6.92. The maximum Gasteiger partial charge on any atom is 0.254 e. The summed E-state index contributed by atoms with van der Waals surface area (Å²) in [5, 5.41) is 11.7. The highest BCUT2D eigenvalue weighted by Crippen LogP contribution is 2.29. The third-order valence-corrected chi connectivity index (χ3v) is 3.32. The predicted octanol–water partition coefficient (Wildman–Crippen LogP) is 2.04. The Labute approximate surface area is 119 Å². The SMILES string of the molecule is CC(C)CN(C(=O)c1cccc(C(N)=NO)c1)C1CC1. The molecular weight excluding hydrogens is 254 g/mol. The van der Waals surface area contributed by atoms with E-state index in [1.54, 1.807) is 24.3 Å². The van der Waals surface area contributed by atoms with E-state index in [1.165, 1.54) is 0 Å². The summed E-state index contributed by atoms with van der Waals surface area (Å²) < 4.78 is 0. The predicted molar refractivity (Wildman–Crippen MR) is 77.8 cm³/mol. The molecular formula is C15H21N3O2. The summed E-state index contributed by atoms with van der Waals surface area (Å²) in [6, 6.07) is 7.29. The van der Waals surface area contributed by atoms with Crippen LogP contribution in [-0.4, -0.2) is 34.4 Å². The van der Waals surface area contributed by atoms with Gasteiger partial charge in [0, 0.05) is 23.7 Å². The molecule has 0 bridgehead atoms. The number of carbonyl (C=O) groups is 1. The molecule has 0 aliphatic heterocycles. The summed E-state index contributed by atoms with van der Waals surface area (Å²) in [5.41, 5.74) is 6.71. The van der Waals surface area contributed by atoms with E-state index in [0.29, 0.717) is 23.1 Å². The summed E-state index contributed by atoms with van der Waals surface area (Å²) in [4.78, 5) is 14.5. The number of oxime groups is 1. The molecule has 0 spiro atoms. The van der Waals surface area contributed by atoms with Gasteiger partial charge >= 0.3 is 0 Å². The molecule has 1 aromatic rings. The molecule has 1 aliphatic rings. The lowest BCUT2D eigenvalue weighted by Gasteiger charge is -2.24. The molecule has 3 N–H and O–H groups in total. The number of rotatable bonds is 5. The Morgan fingerprint density at radius 3 is 2.65 bits per heavy atom. The van der Waals surface area contributed by atoms with E-state index >= 15 is 0 Å². The van der Waals surface area contributed by atoms with Crippen LogP contribution in [0, 0.1) is 5.92 Å². The first-order chi connectivity index (χ1) is 9.52. The second-order valence-electron chi connectivity index (χ2n) is 5.65. The van der Waals surface area contributed by atoms with Gasteiger partial charge in [0.15, 0.2) is 5.84 Å². The van der Waals surface area contributed by atoms with Crippen molar-refractivity contribution < 1.29 is 10.0 Å². The molecule has 2 rings (SSSR count). The molecule has 0 unspecified atom stereocenters. The summed E-state index contributed by atoms with van der Waals surface area (Å²) in [6.07, 6.45) is 2.16. The minimum Gasteiger partial charge on any atom is -0.409 e. The van der Waals surface area contributed by atoms with Crippen LogP contribution in [0.3, 0.4) is 0 Å². The minimum absolute atomic E-state index is 0.0153. The molecule has 1 amide bonds. The van der Waals surface area contributed by atoms with E-state index in [4.69, 9.17) is 10.9 Å². The molecule has 0 heterocycles. The van der Waals surface area contributed by atoms with Gasteiger partial charge in [0.2, 0.25) is 0 Å². The van der Waals surface area contributed by atoms with E-state index in [9.17, 15) is 4.79 Å². The van der Waals surface area contributed by atoms with Crippen molar-refractivity contribution in [2.45, 2.75) is 32.7 Å². The highest BCUT2D eigenvalue weighted by Gasteiger charge is 2.33. The highest BCUT2D eigenvalue weighted by atomic mass is 16.4. The van der Waals surface area contributed by atoms with Crippen molar-refractivity contribution in [1.29, 1.82) is 0 Å². The number of benzene rings is 1. The Kier molecular flexibility index (Phi) is 4.27. The van der Waals surface area contributed by atoms with Gasteiger partial charge in [0.1, 0.15) is 0 Å². The van der Waals surface area contributed by atoms with Crippen LogP contribution in [0.5, 0.6) is 0 Å². The van der Waals surface area contributed by atoms with Crippen LogP contribution in [0.4, 0.5) is 0 Å². The standard InChI is InChI=1S/C15H21N3O2/c1-10(2)9-18(13-6-7-13)15(19)12-5-3-4-11(8-12)14(16)17-20/h3-5,8,10,13,20H,6-7,9H2,1-2H3,(H2,16,17). The van der Waals surface area contributed by atoms with Gasteiger partial charge in [-0.05, 0) is 30.9 Å². The van der Waals surface area contributed by atoms with Crippen LogP contribution >= 0.6 is 0 Å². The van der Waals surface area contributed by atoms with Crippen LogP contribution < -0.4 is 5.73 Å². The fourth-order valence-electron chi connectivity index (χ4n) is 2.21. The Morgan fingerprint density at radius 1 is 1.45 bits per heavy atom. The molecule has 5 nitrogen and oxygen atoms in total. The number of carbonyl (C=O) groups excluding carboxylic acids is 1. The zero-order valence-corrected chi connectivity index (χ0v) is 11.9. The van der Waals surface area contributed by atoms with Crippen molar-refractivity contribution in [2.75, 3.05) is 6.54 Å². The lowest BCUT2D eigenvalue weighted by molar-refractivity contribution is 0.0722. The number of nitrogens with zero attached hydrogens (tertiary/aromatic N) is 2. The molecule has 1 aliphatic carbocycles. The van der Waals surface area contributed by atoms with E-state index in [1.807, 2.05) is 4.90 Å². The van der Waals surface area contributed by atoms with Crippen molar-refractivity contribution >= 4 is 11.7 Å². The zero-order chi connectivity index (χ0) is 14.7. The largest absolute Gasteiger partial charge is 0.409 e. The third kappa shape index (κ3) is 3.29. The molecule has 0 saturated heterocycles. The van der Waals surface area contributed by atoms with Gasteiger partial charge in [0.05, 0.1) is 0 Å². The maximum absolute atomic E-state index is 12.6. The Balaban J connectivity index is 2.22. The minimum atomic E-state index is 0.0153. The van der Waals surface area contributed by atoms with Gasteiger partial charge in [-0.2, -0.15) is 0 Å². The lowest BCUT2D eigenvalue weighted by Crippen LogP contribution is -2.36. The molecule has 108 valence electrons. The summed E-state index contributed by atoms with van der Waals surface area (Å²) >= 11 is 0. The highest BCUT2D eigenvalue weighted by molar-refractivity contribution is 6.01. The summed E-state index contributed by atoms with van der Waals surface area (Å²) in [5.74, 6) is 0.474. The summed E-state index contributed by atoms with van der Waals surface area (Å²) in [7, 11) is 0. The van der Waals surface area contributed by atoms with E-state index in [0.717, 1.165) is 19.4 Å². The van der Waals surface area contributed by atoms with Crippen LogP contribution in [0.15, 0.2) is 29.4 Å².